The van der Waals surface area contributed by atoms with Crippen LogP contribution in [0.5, 0.6) is 0 Å². The van der Waals surface area contributed by atoms with Gasteiger partial charge in [-0.3, -0.25) is 4.57 Å². The Hall–Kier alpha value is -0.720. The third-order valence-corrected chi connectivity index (χ3v) is 0.667. The van der Waals surface area contributed by atoms with Crippen molar-refractivity contribution in [2.45, 2.75) is 0 Å². The second-order valence-electron chi connectivity index (χ2n) is 1.15. The maximum absolute atomic E-state index is 8.06. The number of hydrogen-bond acceptors (Lipinski definition) is 2. The highest BCUT2D eigenvalue weighted by molar-refractivity contribution is 7.00. The third-order valence-electron chi connectivity index (χ3n) is 0.667. The van der Waals surface area contributed by atoms with Crippen LogP contribution in [0, 0.1) is 0 Å². The highest BCUT2D eigenvalue weighted by atomic mass is 31.0. The summed E-state index contributed by atoms with van der Waals surface area (Å²) in [5.74, 6) is 0. The molecule has 0 aromatic heterocycles. The van der Waals surface area contributed by atoms with E-state index < -0.39 is 0 Å². The summed E-state index contributed by atoms with van der Waals surface area (Å²) in [5.41, 5.74) is 0. The van der Waals surface area contributed by atoms with Gasteiger partial charge in [-0.05, 0) is 0 Å². The van der Waals surface area contributed by atoms with Crippen molar-refractivity contribution in [3.8, 4) is 0 Å². The van der Waals surface area contributed by atoms with Crippen LogP contribution in [-0.4, -0.2) is 0 Å². The van der Waals surface area contributed by atoms with E-state index in [1.807, 2.05) is 36.4 Å². The Bertz CT molecular complexity index is 95.9. The molecule has 1 aromatic carbocycles. The largest absolute Gasteiger partial charge is 0.344 e. The first-order chi connectivity index (χ1) is 4.00. The van der Waals surface area contributed by atoms with Crippen LogP contribution in [0.3, 0.4) is 0 Å². The van der Waals surface area contributed by atoms with Crippen LogP contribution in [0.1, 0.15) is 0 Å². The van der Waals surface area contributed by atoms with E-state index in [1.54, 1.807) is 9.12 Å². The Morgan fingerprint density at radius 2 is 0.778 bits per heavy atom. The number of hydrogen-bond donors (Lipinski definition) is 1. The van der Waals surface area contributed by atoms with Crippen LogP contribution in [-0.2, 0) is 4.57 Å². The van der Waals surface area contributed by atoms with Gasteiger partial charge in [0.05, 0.1) is 0 Å². The van der Waals surface area contributed by atoms with Gasteiger partial charge >= 0.3 is 0 Å². The molecule has 0 spiro atoms. The van der Waals surface area contributed by atoms with E-state index in [1.165, 1.54) is 0 Å². The van der Waals surface area contributed by atoms with Gasteiger partial charge in [0, 0.05) is 0 Å². The molecule has 0 aliphatic heterocycles. The van der Waals surface area contributed by atoms with Crippen LogP contribution in [0.25, 0.3) is 0 Å². The van der Waals surface area contributed by atoms with Crippen molar-refractivity contribution in [3.63, 3.8) is 0 Å². The molecule has 0 radical (unpaired) electrons. The van der Waals surface area contributed by atoms with Crippen molar-refractivity contribution in [2.75, 3.05) is 0 Å². The van der Waals surface area contributed by atoms with Crippen molar-refractivity contribution >= 4 is 9.12 Å². The van der Waals surface area contributed by atoms with Crippen LogP contribution in [0.15, 0.2) is 36.4 Å². The van der Waals surface area contributed by atoms with Gasteiger partial charge in [0.1, 0.15) is 9.12 Å². The fourth-order valence-electron chi connectivity index (χ4n) is 0.385. The van der Waals surface area contributed by atoms with Crippen LogP contribution in [0.4, 0.5) is 0 Å². The molecule has 0 saturated carbocycles. The summed E-state index contributed by atoms with van der Waals surface area (Å²) in [5, 5.41) is 0. The molecule has 9 heavy (non-hydrogen) atoms. The van der Waals surface area contributed by atoms with E-state index in [0.29, 0.717) is 0 Å². The van der Waals surface area contributed by atoms with E-state index in [9.17, 15) is 0 Å². The molecule has 2 nitrogen and oxygen atoms in total. The summed E-state index contributed by atoms with van der Waals surface area (Å²) >= 11 is 0. The average Bonchev–Trinajstić information content (AvgIpc) is 1.96. The van der Waals surface area contributed by atoms with Crippen LogP contribution < -0.4 is 6.15 Å². The molecular formula is C6H10NOP. The molecule has 1 rings (SSSR count). The molecular weight excluding hydrogens is 133 g/mol. The monoisotopic (exact) mass is 143 g/mol. The summed E-state index contributed by atoms with van der Waals surface area (Å²) < 4.78 is 8.06. The first-order valence-electron chi connectivity index (χ1n) is 2.20. The SMILES string of the molecule is N.O=P.c1ccccc1. The van der Waals surface area contributed by atoms with Gasteiger partial charge in [-0.2, -0.15) is 0 Å². The molecule has 0 atom stereocenters. The Morgan fingerprint density at radius 1 is 0.667 bits per heavy atom. The van der Waals surface area contributed by atoms with Gasteiger partial charge in [0.2, 0.25) is 0 Å². The fraction of sp³-hybridized carbons (Fsp3) is 0. The van der Waals surface area contributed by atoms with E-state index in [0.717, 1.165) is 0 Å². The Balaban J connectivity index is 0. The predicted octanol–water partition coefficient (Wildman–Crippen LogP) is 2.32. The van der Waals surface area contributed by atoms with Crippen molar-refractivity contribution in [3.05, 3.63) is 36.4 Å². The van der Waals surface area contributed by atoms with Gasteiger partial charge in [-0.1, -0.05) is 36.4 Å². The lowest BCUT2D eigenvalue weighted by Gasteiger charge is -1.69. The zero-order chi connectivity index (χ0) is 6.24. The molecule has 0 fully saturated rings. The molecule has 0 aliphatic rings. The molecule has 3 heteroatoms. The summed E-state index contributed by atoms with van der Waals surface area (Å²) in [7, 11) is 1.72. The minimum atomic E-state index is 0. The van der Waals surface area contributed by atoms with E-state index in [2.05, 4.69) is 0 Å². The summed E-state index contributed by atoms with van der Waals surface area (Å²) in [6, 6.07) is 12.0. The lowest BCUT2D eigenvalue weighted by Crippen LogP contribution is -1.47. The van der Waals surface area contributed by atoms with Gasteiger partial charge in [0.15, 0.2) is 0 Å². The molecule has 0 saturated heterocycles. The molecule has 0 unspecified atom stereocenters. The van der Waals surface area contributed by atoms with E-state index in [4.69, 9.17) is 4.57 Å². The topological polar surface area (TPSA) is 52.1 Å². The van der Waals surface area contributed by atoms with Crippen molar-refractivity contribution in [1.29, 1.82) is 0 Å². The molecule has 0 amide bonds. The van der Waals surface area contributed by atoms with Crippen molar-refractivity contribution in [2.24, 2.45) is 0 Å². The number of benzene rings is 1. The Morgan fingerprint density at radius 3 is 0.889 bits per heavy atom. The first kappa shape index (κ1) is 11.1. The first-order valence-corrected chi connectivity index (χ1v) is 2.61. The summed E-state index contributed by atoms with van der Waals surface area (Å²) in [6.07, 6.45) is 0. The molecule has 0 heterocycles. The van der Waals surface area contributed by atoms with E-state index >= 15 is 0 Å². The zero-order valence-corrected chi connectivity index (χ0v) is 6.08. The third kappa shape index (κ3) is 7.28. The maximum Gasteiger partial charge on any atom is 0.138 e. The van der Waals surface area contributed by atoms with Crippen LogP contribution >= 0.6 is 9.12 Å². The minimum absolute atomic E-state index is 0. The molecule has 3 N–H and O–H groups in total. The lowest BCUT2D eigenvalue weighted by molar-refractivity contribution is 0.607. The molecule has 1 aromatic rings. The zero-order valence-electron chi connectivity index (χ0n) is 5.08. The van der Waals surface area contributed by atoms with Gasteiger partial charge in [-0.15, -0.1) is 0 Å². The van der Waals surface area contributed by atoms with E-state index in [-0.39, 0.29) is 6.15 Å². The average molecular weight is 143 g/mol. The second-order valence-corrected chi connectivity index (χ2v) is 1.15. The van der Waals surface area contributed by atoms with Gasteiger partial charge in [-0.25, -0.2) is 0 Å². The maximum atomic E-state index is 8.06. The van der Waals surface area contributed by atoms with Crippen molar-refractivity contribution < 1.29 is 4.57 Å². The van der Waals surface area contributed by atoms with Gasteiger partial charge < -0.3 is 6.15 Å². The quantitative estimate of drug-likeness (QED) is 0.566. The summed E-state index contributed by atoms with van der Waals surface area (Å²) in [4.78, 5) is 0. The highest BCUT2D eigenvalue weighted by Crippen LogP contribution is 1.79. The lowest BCUT2D eigenvalue weighted by atomic mass is 10.4. The number of rotatable bonds is 0. The van der Waals surface area contributed by atoms with Crippen molar-refractivity contribution in [1.82, 2.24) is 6.15 Å². The van der Waals surface area contributed by atoms with Gasteiger partial charge in [0.25, 0.3) is 0 Å². The highest BCUT2D eigenvalue weighted by Gasteiger charge is 1.57. The molecule has 0 aliphatic carbocycles. The molecule has 0 bridgehead atoms. The summed E-state index contributed by atoms with van der Waals surface area (Å²) in [6.45, 7) is 0. The predicted molar refractivity (Wildman–Crippen MR) is 40.5 cm³/mol. The standard InChI is InChI=1S/C6H6.H3N.HOP/c1-2-4-6-5-3-1;;1-2/h1-6H;1H3;2H. The Kier molecular flexibility index (Phi) is 12.7. The smallest absolute Gasteiger partial charge is 0.138 e. The fourth-order valence-corrected chi connectivity index (χ4v) is 0.385. The minimum Gasteiger partial charge on any atom is -0.344 e. The second kappa shape index (κ2) is 10.3. The normalized spacial score (nSPS) is 5.78. The van der Waals surface area contributed by atoms with Crippen LogP contribution in [0.2, 0.25) is 0 Å². The Labute approximate surface area is 57.1 Å². The molecule has 50 valence electrons.